The van der Waals surface area contributed by atoms with E-state index in [9.17, 15) is 0 Å². The minimum absolute atomic E-state index is 0.265. The summed E-state index contributed by atoms with van der Waals surface area (Å²) in [4.78, 5) is 9.34. The number of unbranched alkanes of at least 4 members (excludes halogenated alkanes) is 4. The highest BCUT2D eigenvalue weighted by Gasteiger charge is 2.26. The summed E-state index contributed by atoms with van der Waals surface area (Å²) in [6.45, 7) is 10.0. The molecule has 0 radical (unpaired) electrons. The number of aliphatic imine (C=N–C) groups is 2. The third-order valence-electron chi connectivity index (χ3n) is 4.17. The first kappa shape index (κ1) is 19.3. The quantitative estimate of drug-likeness (QED) is 0.631. The van der Waals surface area contributed by atoms with Gasteiger partial charge in [0.15, 0.2) is 11.9 Å². The molecule has 1 aromatic rings. The molecule has 1 heterocycles. The molecule has 1 fully saturated rings. The van der Waals surface area contributed by atoms with Crippen LogP contribution in [-0.2, 0) is 6.54 Å². The summed E-state index contributed by atoms with van der Waals surface area (Å²) in [6.07, 6.45) is 6.29. The molecular formula is C20H33N5. The van der Waals surface area contributed by atoms with Gasteiger partial charge in [-0.05, 0) is 32.8 Å². The number of hydrogen-bond acceptors (Lipinski definition) is 2. The molecule has 0 saturated carbocycles. The second kappa shape index (κ2) is 9.44. The van der Waals surface area contributed by atoms with Gasteiger partial charge in [0.05, 0.1) is 6.54 Å². The van der Waals surface area contributed by atoms with E-state index in [0.717, 1.165) is 24.9 Å². The van der Waals surface area contributed by atoms with Gasteiger partial charge < -0.3 is 10.6 Å². The van der Waals surface area contributed by atoms with Crippen molar-refractivity contribution in [1.29, 1.82) is 0 Å². The lowest BCUT2D eigenvalue weighted by molar-refractivity contribution is 0.403. The molecule has 0 atom stereocenters. The van der Waals surface area contributed by atoms with Crippen LogP contribution in [0.5, 0.6) is 0 Å². The third-order valence-corrected chi connectivity index (χ3v) is 4.17. The summed E-state index contributed by atoms with van der Waals surface area (Å²) in [5.74, 6) is 1.58. The Morgan fingerprint density at radius 1 is 0.880 bits per heavy atom. The van der Waals surface area contributed by atoms with Gasteiger partial charge in [0.2, 0.25) is 0 Å². The van der Waals surface area contributed by atoms with Crippen molar-refractivity contribution in [1.82, 2.24) is 16.0 Å². The van der Waals surface area contributed by atoms with Crippen LogP contribution in [0.4, 0.5) is 0 Å². The van der Waals surface area contributed by atoms with Crippen LogP contribution in [0, 0.1) is 6.92 Å². The van der Waals surface area contributed by atoms with E-state index in [-0.39, 0.29) is 5.66 Å². The van der Waals surface area contributed by atoms with Gasteiger partial charge in [0.25, 0.3) is 0 Å². The van der Waals surface area contributed by atoms with Crippen molar-refractivity contribution in [3.63, 3.8) is 0 Å². The van der Waals surface area contributed by atoms with Gasteiger partial charge >= 0.3 is 0 Å². The summed E-state index contributed by atoms with van der Waals surface area (Å²) in [7, 11) is 0. The van der Waals surface area contributed by atoms with Crippen molar-refractivity contribution in [2.45, 2.75) is 72.0 Å². The van der Waals surface area contributed by atoms with Gasteiger partial charge in [-0.15, -0.1) is 0 Å². The van der Waals surface area contributed by atoms with Crippen molar-refractivity contribution in [3.8, 4) is 0 Å². The van der Waals surface area contributed by atoms with Crippen molar-refractivity contribution >= 4 is 11.9 Å². The molecule has 1 aliphatic rings. The molecule has 0 aromatic heterocycles. The lowest BCUT2D eigenvalue weighted by atomic mass is 10.1. The number of aryl methyl sites for hydroxylation is 1. The van der Waals surface area contributed by atoms with Gasteiger partial charge in [-0.2, -0.15) is 0 Å². The predicted molar refractivity (Wildman–Crippen MR) is 107 cm³/mol. The first-order valence-corrected chi connectivity index (χ1v) is 9.46. The van der Waals surface area contributed by atoms with E-state index in [2.05, 4.69) is 77.9 Å². The highest BCUT2D eigenvalue weighted by molar-refractivity contribution is 6.01. The average Bonchev–Trinajstić information content (AvgIpc) is 2.56. The van der Waals surface area contributed by atoms with E-state index >= 15 is 0 Å². The molecule has 3 N–H and O–H groups in total. The molecule has 0 spiro atoms. The van der Waals surface area contributed by atoms with E-state index in [1.54, 1.807) is 0 Å². The normalized spacial score (nSPS) is 19.4. The zero-order chi connectivity index (χ0) is 18.1. The number of nitrogens with zero attached hydrogens (tertiary/aromatic N) is 2. The monoisotopic (exact) mass is 343 g/mol. The van der Waals surface area contributed by atoms with Crippen LogP contribution in [0.1, 0.15) is 64.0 Å². The predicted octanol–water partition coefficient (Wildman–Crippen LogP) is 3.70. The zero-order valence-corrected chi connectivity index (χ0v) is 16.2. The zero-order valence-electron chi connectivity index (χ0n) is 16.2. The number of guanidine groups is 2. The number of nitrogens with one attached hydrogen (secondary N) is 3. The van der Waals surface area contributed by atoms with E-state index in [0.29, 0.717) is 6.54 Å². The van der Waals surface area contributed by atoms with Gasteiger partial charge in [-0.25, -0.2) is 4.99 Å². The summed E-state index contributed by atoms with van der Waals surface area (Å²) < 4.78 is 0. The Balaban J connectivity index is 1.90. The molecule has 0 amide bonds. The molecule has 138 valence electrons. The summed E-state index contributed by atoms with van der Waals surface area (Å²) in [5.41, 5.74) is 2.20. The topological polar surface area (TPSA) is 60.8 Å². The highest BCUT2D eigenvalue weighted by Crippen LogP contribution is 2.07. The summed E-state index contributed by atoms with van der Waals surface area (Å²) in [5, 5.41) is 10.0. The Kier molecular flexibility index (Phi) is 7.29. The van der Waals surface area contributed by atoms with Crippen LogP contribution in [0.15, 0.2) is 34.3 Å². The van der Waals surface area contributed by atoms with Crippen LogP contribution in [0.2, 0.25) is 0 Å². The maximum Gasteiger partial charge on any atom is 0.200 e. The van der Waals surface area contributed by atoms with Crippen molar-refractivity contribution in [2.24, 2.45) is 9.98 Å². The SMILES string of the molecule is CCCCCCCN=C1NC(=NCc2ccc(C)cc2)NC(C)(C)N1. The Morgan fingerprint density at radius 3 is 2.20 bits per heavy atom. The minimum atomic E-state index is -0.265. The second-order valence-corrected chi connectivity index (χ2v) is 7.29. The lowest BCUT2D eigenvalue weighted by Crippen LogP contribution is -2.68. The van der Waals surface area contributed by atoms with Crippen LogP contribution in [0.25, 0.3) is 0 Å². The first-order valence-electron chi connectivity index (χ1n) is 9.46. The molecule has 2 rings (SSSR count). The van der Waals surface area contributed by atoms with Gasteiger partial charge in [-0.1, -0.05) is 62.4 Å². The maximum atomic E-state index is 4.67. The molecule has 0 unspecified atom stereocenters. The van der Waals surface area contributed by atoms with E-state index < -0.39 is 0 Å². The van der Waals surface area contributed by atoms with Gasteiger partial charge in [-0.3, -0.25) is 10.3 Å². The van der Waals surface area contributed by atoms with Gasteiger partial charge in [0.1, 0.15) is 5.66 Å². The largest absolute Gasteiger partial charge is 0.334 e. The molecule has 1 saturated heterocycles. The fourth-order valence-corrected chi connectivity index (χ4v) is 2.73. The van der Waals surface area contributed by atoms with E-state index in [1.165, 1.54) is 36.8 Å². The van der Waals surface area contributed by atoms with Crippen LogP contribution in [0.3, 0.4) is 0 Å². The van der Waals surface area contributed by atoms with Crippen LogP contribution >= 0.6 is 0 Å². The standard InChI is InChI=1S/C20H33N5/c1-5-6-7-8-9-14-21-18-23-19(25-20(3,4)24-18)22-15-17-12-10-16(2)11-13-17/h10-13H,5-9,14-15H2,1-4H3,(H3,21,22,23,24,25). The smallest absolute Gasteiger partial charge is 0.200 e. The molecule has 0 bridgehead atoms. The summed E-state index contributed by atoms with van der Waals surface area (Å²) >= 11 is 0. The van der Waals surface area contributed by atoms with Crippen molar-refractivity contribution in [3.05, 3.63) is 35.4 Å². The number of rotatable bonds is 8. The second-order valence-electron chi connectivity index (χ2n) is 7.29. The number of hydrogen-bond donors (Lipinski definition) is 3. The van der Waals surface area contributed by atoms with Crippen LogP contribution < -0.4 is 16.0 Å². The third kappa shape index (κ3) is 7.16. The fraction of sp³-hybridized carbons (Fsp3) is 0.600. The van der Waals surface area contributed by atoms with Gasteiger partial charge in [0, 0.05) is 6.54 Å². The molecular weight excluding hydrogens is 310 g/mol. The summed E-state index contributed by atoms with van der Waals surface area (Å²) in [6, 6.07) is 8.48. The minimum Gasteiger partial charge on any atom is -0.334 e. The Labute approximate surface area is 152 Å². The van der Waals surface area contributed by atoms with Crippen LogP contribution in [-0.4, -0.2) is 24.1 Å². The Hall–Kier alpha value is -2.04. The van der Waals surface area contributed by atoms with Crippen molar-refractivity contribution < 1.29 is 0 Å². The Bertz CT molecular complexity index is 587. The fourth-order valence-electron chi connectivity index (χ4n) is 2.73. The van der Waals surface area contributed by atoms with E-state index in [1.807, 2.05) is 0 Å². The highest BCUT2D eigenvalue weighted by atomic mass is 15.4. The molecule has 0 aliphatic carbocycles. The van der Waals surface area contributed by atoms with Crippen molar-refractivity contribution in [2.75, 3.05) is 6.54 Å². The molecule has 5 heteroatoms. The average molecular weight is 344 g/mol. The van der Waals surface area contributed by atoms with E-state index in [4.69, 9.17) is 0 Å². The molecule has 25 heavy (non-hydrogen) atoms. The first-order chi connectivity index (χ1) is 12.0. The molecule has 5 nitrogen and oxygen atoms in total. The number of benzene rings is 1. The molecule has 1 aliphatic heterocycles. The maximum absolute atomic E-state index is 4.67. The molecule has 1 aromatic carbocycles. The Morgan fingerprint density at radius 2 is 1.52 bits per heavy atom. The lowest BCUT2D eigenvalue weighted by Gasteiger charge is -2.36.